The number of rotatable bonds is 4. The molecule has 9 aliphatic carbocycles. The molecule has 0 unspecified atom stereocenters. The quantitative estimate of drug-likeness (QED) is 0.162. The van der Waals surface area contributed by atoms with Gasteiger partial charge in [0.2, 0.25) is 0 Å². The number of anilines is 6. The first kappa shape index (κ1) is 44.5. The maximum Gasteiger partial charge on any atom is 0.252 e. The van der Waals surface area contributed by atoms with Crippen molar-refractivity contribution in [3.8, 4) is 11.1 Å². The molecule has 2 aliphatic heterocycles. The summed E-state index contributed by atoms with van der Waals surface area (Å²) in [6.07, 6.45) is 13.6. The highest BCUT2D eigenvalue weighted by molar-refractivity contribution is 7.00. The van der Waals surface area contributed by atoms with Crippen LogP contribution in [0.3, 0.4) is 0 Å². The van der Waals surface area contributed by atoms with Crippen LogP contribution in [0.15, 0.2) is 103 Å². The lowest BCUT2D eigenvalue weighted by atomic mass is 9.31. The highest BCUT2D eigenvalue weighted by atomic mass is 15.2. The van der Waals surface area contributed by atoms with Gasteiger partial charge in [-0.2, -0.15) is 0 Å². The van der Waals surface area contributed by atoms with E-state index in [1.807, 2.05) is 0 Å². The first-order valence-corrected chi connectivity index (χ1v) is 28.7. The number of fused-ring (bicyclic) bond motifs is 6. The molecule has 3 heteroatoms. The summed E-state index contributed by atoms with van der Waals surface area (Å²) in [6.45, 7) is 26.7. The largest absolute Gasteiger partial charge is 0.311 e. The normalized spacial score (nSPS) is 29.1. The summed E-state index contributed by atoms with van der Waals surface area (Å²) in [5.41, 5.74) is 27.7. The Bertz CT molecular complexity index is 3250. The zero-order chi connectivity index (χ0) is 49.3. The van der Waals surface area contributed by atoms with Gasteiger partial charge in [0, 0.05) is 34.0 Å². The summed E-state index contributed by atoms with van der Waals surface area (Å²) < 4.78 is 0. The van der Waals surface area contributed by atoms with Crippen LogP contribution < -0.4 is 26.2 Å². The van der Waals surface area contributed by atoms with Crippen molar-refractivity contribution in [3.05, 3.63) is 148 Å². The molecule has 72 heavy (non-hydrogen) atoms. The molecule has 11 aliphatic rings. The second-order valence-corrected chi connectivity index (χ2v) is 29.1. The molecule has 8 bridgehead atoms. The molecule has 2 heterocycles. The molecule has 7 saturated carbocycles. The van der Waals surface area contributed by atoms with Crippen molar-refractivity contribution < 1.29 is 0 Å². The monoisotopic (exact) mass is 945 g/mol. The Morgan fingerprint density at radius 1 is 0.514 bits per heavy atom. The highest BCUT2D eigenvalue weighted by Crippen LogP contribution is 2.75. The standard InChI is InChI=1S/C69H77BN2/c1-39-15-23-60-57(25-39)70-58-33-55-56(68(10,11)38-67(55,8)9)34-61(58)71(47-22-18-41-13-12-14-43(41)29-47)62-31-46(69-35-52-49-26-40-27-50(52)54(37-69)51(28-40)53(49)36-69)32-63(64(62)70)72(60)59-24-21-45(66(5,6)7)30-48(59)42-16-19-44(20-17-42)65(2,3)4/h15-25,29-34,40,49-54H,12-14,26-28,35-38H2,1-11H3. The minimum Gasteiger partial charge on any atom is -0.311 e. The number of nitrogens with zero attached hydrogens (tertiary/aromatic N) is 2. The molecule has 0 N–H and O–H groups in total. The smallest absolute Gasteiger partial charge is 0.252 e. The van der Waals surface area contributed by atoms with Crippen LogP contribution in [-0.2, 0) is 39.9 Å². The van der Waals surface area contributed by atoms with Crippen LogP contribution >= 0.6 is 0 Å². The fourth-order valence-corrected chi connectivity index (χ4v) is 19.0. The van der Waals surface area contributed by atoms with Crippen molar-refractivity contribution in [2.24, 2.45) is 41.4 Å². The third-order valence-corrected chi connectivity index (χ3v) is 21.8. The number of hydrogen-bond acceptors (Lipinski definition) is 2. The van der Waals surface area contributed by atoms with E-state index in [4.69, 9.17) is 0 Å². The Balaban J connectivity index is 1.04. The predicted molar refractivity (Wildman–Crippen MR) is 305 cm³/mol. The average Bonchev–Trinajstić information content (AvgIpc) is 3.89. The maximum atomic E-state index is 2.84. The van der Waals surface area contributed by atoms with E-state index in [1.165, 1.54) is 136 Å². The van der Waals surface area contributed by atoms with Crippen LogP contribution in [0, 0.1) is 48.3 Å². The van der Waals surface area contributed by atoms with Gasteiger partial charge >= 0.3 is 0 Å². The summed E-state index contributed by atoms with van der Waals surface area (Å²) in [7, 11) is 0. The van der Waals surface area contributed by atoms with E-state index in [0.29, 0.717) is 0 Å². The summed E-state index contributed by atoms with van der Waals surface area (Å²) in [5.74, 6) is 6.66. The van der Waals surface area contributed by atoms with Gasteiger partial charge < -0.3 is 9.80 Å². The van der Waals surface area contributed by atoms with E-state index in [2.05, 4.69) is 189 Å². The second kappa shape index (κ2) is 14.4. The molecule has 0 aromatic heterocycles. The van der Waals surface area contributed by atoms with Gasteiger partial charge in [0.05, 0.1) is 5.69 Å². The Kier molecular flexibility index (Phi) is 8.91. The van der Waals surface area contributed by atoms with E-state index in [1.54, 1.807) is 27.8 Å². The predicted octanol–water partition coefficient (Wildman–Crippen LogP) is 15.7. The zero-order valence-corrected chi connectivity index (χ0v) is 45.4. The van der Waals surface area contributed by atoms with Gasteiger partial charge in [0.1, 0.15) is 0 Å². The Labute approximate surface area is 432 Å². The third kappa shape index (κ3) is 6.09. The molecular formula is C69H77BN2. The van der Waals surface area contributed by atoms with Gasteiger partial charge in [-0.15, -0.1) is 0 Å². The SMILES string of the molecule is Cc1ccc2c(c1)B1c3cc4c(cc3N(c3ccc5c(c3)CCC5)c3cc(C56CC7C8CC9CC7C(C5)C(C9)C8C6)cc(c31)N2c1ccc(C(C)(C)C)cc1-c1ccc(C(C)(C)C)cc1)C(C)(C)CC4(C)C. The molecular weight excluding hydrogens is 868 g/mol. The van der Waals surface area contributed by atoms with Crippen LogP contribution in [0.2, 0.25) is 0 Å². The summed E-state index contributed by atoms with van der Waals surface area (Å²) in [6, 6.07) is 43.4. The minimum atomic E-state index is -0.000340. The summed E-state index contributed by atoms with van der Waals surface area (Å²) in [5, 5.41) is 0. The van der Waals surface area contributed by atoms with Crippen LogP contribution in [0.5, 0.6) is 0 Å². The maximum absolute atomic E-state index is 2.84. The summed E-state index contributed by atoms with van der Waals surface area (Å²) >= 11 is 0. The molecule has 6 aromatic carbocycles. The molecule has 0 spiro atoms. The number of hydrogen-bond donors (Lipinski definition) is 0. The third-order valence-electron chi connectivity index (χ3n) is 21.8. The molecule has 0 saturated heterocycles. The van der Waals surface area contributed by atoms with Gasteiger partial charge in [-0.1, -0.05) is 129 Å². The van der Waals surface area contributed by atoms with Crippen molar-refractivity contribution in [3.63, 3.8) is 0 Å². The second-order valence-electron chi connectivity index (χ2n) is 29.1. The lowest BCUT2D eigenvalue weighted by Gasteiger charge is -2.72. The first-order chi connectivity index (χ1) is 34.2. The molecule has 17 rings (SSSR count). The van der Waals surface area contributed by atoms with E-state index < -0.39 is 0 Å². The van der Waals surface area contributed by atoms with Crippen molar-refractivity contribution in [1.29, 1.82) is 0 Å². The Hall–Kier alpha value is -5.02. The molecule has 7 fully saturated rings. The van der Waals surface area contributed by atoms with Crippen LogP contribution in [0.4, 0.5) is 34.1 Å². The fourth-order valence-electron chi connectivity index (χ4n) is 19.0. The van der Waals surface area contributed by atoms with Gasteiger partial charge in [-0.25, -0.2) is 0 Å². The Morgan fingerprint density at radius 2 is 1.10 bits per heavy atom. The van der Waals surface area contributed by atoms with E-state index in [-0.39, 0.29) is 33.8 Å². The van der Waals surface area contributed by atoms with Gasteiger partial charge in [0.15, 0.2) is 0 Å². The Morgan fingerprint density at radius 3 is 1.75 bits per heavy atom. The topological polar surface area (TPSA) is 6.48 Å². The van der Waals surface area contributed by atoms with Crippen LogP contribution in [-0.4, -0.2) is 6.71 Å². The van der Waals surface area contributed by atoms with Crippen molar-refractivity contribution in [1.82, 2.24) is 0 Å². The summed E-state index contributed by atoms with van der Waals surface area (Å²) in [4.78, 5) is 5.62. The number of benzene rings is 6. The molecule has 0 radical (unpaired) electrons. The van der Waals surface area contributed by atoms with Crippen molar-refractivity contribution in [2.45, 2.75) is 167 Å². The highest BCUT2D eigenvalue weighted by Gasteiger charge is 2.68. The minimum absolute atomic E-state index is 0.000340. The molecule has 0 atom stereocenters. The van der Waals surface area contributed by atoms with E-state index >= 15 is 0 Å². The first-order valence-electron chi connectivity index (χ1n) is 28.7. The van der Waals surface area contributed by atoms with Gasteiger partial charge in [0.25, 0.3) is 6.71 Å². The lowest BCUT2D eigenvalue weighted by Crippen LogP contribution is -2.66. The number of aryl methyl sites for hydroxylation is 3. The van der Waals surface area contributed by atoms with Gasteiger partial charge in [-0.05, 0) is 249 Å². The molecule has 0 amide bonds. The van der Waals surface area contributed by atoms with Crippen LogP contribution in [0.1, 0.15) is 165 Å². The average molecular weight is 945 g/mol. The van der Waals surface area contributed by atoms with Gasteiger partial charge in [-0.3, -0.25) is 0 Å². The van der Waals surface area contributed by atoms with Crippen molar-refractivity contribution >= 4 is 57.2 Å². The molecule has 2 nitrogen and oxygen atoms in total. The van der Waals surface area contributed by atoms with E-state index in [9.17, 15) is 0 Å². The fraction of sp³-hybridized carbons (Fsp3) is 0.478. The van der Waals surface area contributed by atoms with Crippen LogP contribution in [0.25, 0.3) is 11.1 Å². The molecule has 366 valence electrons. The van der Waals surface area contributed by atoms with E-state index in [0.717, 1.165) is 47.8 Å². The zero-order valence-electron chi connectivity index (χ0n) is 45.4. The molecule has 6 aromatic rings. The lowest BCUT2D eigenvalue weighted by molar-refractivity contribution is -0.212. The van der Waals surface area contributed by atoms with Crippen molar-refractivity contribution in [2.75, 3.05) is 9.80 Å².